The van der Waals surface area contributed by atoms with Crippen LogP contribution < -0.4 is 20.7 Å². The van der Waals surface area contributed by atoms with Crippen LogP contribution in [0.1, 0.15) is 91.4 Å². The molecule has 4 aliphatic rings. The summed E-state index contributed by atoms with van der Waals surface area (Å²) in [6.07, 6.45) is 12.5. The predicted molar refractivity (Wildman–Crippen MR) is 177 cm³/mol. The molecule has 0 unspecified atom stereocenters. The third-order valence-electron chi connectivity index (χ3n) is 10.1. The molecule has 3 fully saturated rings. The van der Waals surface area contributed by atoms with Crippen molar-refractivity contribution < 1.29 is 23.9 Å². The van der Waals surface area contributed by atoms with Crippen molar-refractivity contribution in [3.8, 4) is 5.75 Å². The summed E-state index contributed by atoms with van der Waals surface area (Å²) in [6.45, 7) is 1.38. The van der Waals surface area contributed by atoms with Gasteiger partial charge in [0.05, 0.1) is 19.1 Å². The number of nitrogens with one attached hydrogen (secondary N) is 3. The van der Waals surface area contributed by atoms with Crippen LogP contribution in [0.5, 0.6) is 5.75 Å². The number of fused-ring (bicyclic) bond motifs is 1. The zero-order chi connectivity index (χ0) is 31.9. The topological polar surface area (TPSA) is 120 Å². The molecule has 2 saturated carbocycles. The highest BCUT2D eigenvalue weighted by atomic mass is 32.1. The first kappa shape index (κ1) is 32.5. The highest BCUT2D eigenvalue weighted by Gasteiger charge is 2.41. The summed E-state index contributed by atoms with van der Waals surface area (Å²) in [4.78, 5) is 58.4. The van der Waals surface area contributed by atoms with E-state index in [4.69, 9.17) is 4.74 Å². The van der Waals surface area contributed by atoms with E-state index in [9.17, 15) is 19.2 Å². The maximum Gasteiger partial charge on any atom is 0.415 e. The Kier molecular flexibility index (Phi) is 10.9. The lowest BCUT2D eigenvalue weighted by Crippen LogP contribution is -2.64. The predicted octanol–water partition coefficient (Wildman–Crippen LogP) is 4.62. The van der Waals surface area contributed by atoms with Crippen LogP contribution in [0.15, 0.2) is 35.7 Å². The van der Waals surface area contributed by atoms with Crippen LogP contribution in [0, 0.1) is 5.92 Å². The minimum atomic E-state index is -0.841. The Morgan fingerprint density at radius 1 is 0.978 bits per heavy atom. The average Bonchev–Trinajstić information content (AvgIpc) is 3.62. The summed E-state index contributed by atoms with van der Waals surface area (Å²) in [5.41, 5.74) is 1.21. The van der Waals surface area contributed by atoms with Gasteiger partial charge < -0.3 is 30.5 Å². The Bertz CT molecular complexity index is 1350. The molecule has 0 bridgehead atoms. The largest absolute Gasteiger partial charge is 0.415 e. The second-order valence-corrected chi connectivity index (χ2v) is 14.3. The quantitative estimate of drug-likeness (QED) is 0.365. The highest BCUT2D eigenvalue weighted by molar-refractivity contribution is 7.09. The Labute approximate surface area is 275 Å². The van der Waals surface area contributed by atoms with Crippen molar-refractivity contribution in [3.63, 3.8) is 0 Å². The van der Waals surface area contributed by atoms with Crippen LogP contribution in [-0.4, -0.2) is 77.9 Å². The van der Waals surface area contributed by atoms with E-state index < -0.39 is 12.1 Å². The summed E-state index contributed by atoms with van der Waals surface area (Å²) in [6, 6.07) is 8.16. The van der Waals surface area contributed by atoms with E-state index in [2.05, 4.69) is 16.0 Å². The molecular formula is C35H47N5O5S. The first-order chi connectivity index (χ1) is 22.5. The number of carbonyl (C=O) groups excluding carboxylic acids is 4. The van der Waals surface area contributed by atoms with Crippen molar-refractivity contribution in [1.29, 1.82) is 0 Å². The second-order valence-electron chi connectivity index (χ2n) is 13.2. The zero-order valence-electron chi connectivity index (χ0n) is 26.6. The van der Waals surface area contributed by atoms with Gasteiger partial charge in [-0.05, 0) is 55.2 Å². The minimum absolute atomic E-state index is 0.0376. The molecule has 0 radical (unpaired) electrons. The number of ether oxygens (including phenoxy) is 1. The van der Waals surface area contributed by atoms with Crippen molar-refractivity contribution in [2.75, 3.05) is 26.2 Å². The van der Waals surface area contributed by atoms with Crippen LogP contribution in [0.3, 0.4) is 0 Å². The first-order valence-corrected chi connectivity index (χ1v) is 18.1. The maximum atomic E-state index is 14.5. The van der Waals surface area contributed by atoms with E-state index in [1.165, 1.54) is 43.4 Å². The summed E-state index contributed by atoms with van der Waals surface area (Å²) >= 11 is 1.56. The van der Waals surface area contributed by atoms with Crippen molar-refractivity contribution in [3.05, 3.63) is 51.7 Å². The van der Waals surface area contributed by atoms with Crippen LogP contribution in [0.2, 0.25) is 0 Å². The van der Waals surface area contributed by atoms with E-state index in [-0.39, 0.29) is 43.4 Å². The molecule has 46 heavy (non-hydrogen) atoms. The molecule has 2 aromatic rings. The molecule has 0 spiro atoms. The first-order valence-electron chi connectivity index (χ1n) is 17.2. The molecule has 11 heteroatoms. The van der Waals surface area contributed by atoms with E-state index in [1.54, 1.807) is 34.4 Å². The van der Waals surface area contributed by atoms with E-state index in [0.717, 1.165) is 37.0 Å². The molecule has 4 amide bonds. The fourth-order valence-corrected chi connectivity index (χ4v) is 8.22. The van der Waals surface area contributed by atoms with Crippen LogP contribution in [0.25, 0.3) is 0 Å². The lowest BCUT2D eigenvalue weighted by molar-refractivity contribution is -0.145. The molecule has 6 rings (SSSR count). The Morgan fingerprint density at radius 2 is 1.76 bits per heavy atom. The van der Waals surface area contributed by atoms with E-state index in [1.807, 2.05) is 17.5 Å². The van der Waals surface area contributed by atoms with Crippen molar-refractivity contribution in [1.82, 2.24) is 25.8 Å². The summed E-state index contributed by atoms with van der Waals surface area (Å²) in [5, 5.41) is 11.6. The zero-order valence-corrected chi connectivity index (χ0v) is 27.5. The van der Waals surface area contributed by atoms with Gasteiger partial charge in [-0.15, -0.1) is 11.3 Å². The summed E-state index contributed by atoms with van der Waals surface area (Å²) in [5.74, 6) is 0.364. The number of hydrogen-bond acceptors (Lipinski definition) is 7. The number of amides is 4. The average molecular weight is 650 g/mol. The van der Waals surface area contributed by atoms with Gasteiger partial charge in [-0.3, -0.25) is 14.4 Å². The molecule has 248 valence electrons. The number of hydrogen-bond donors (Lipinski definition) is 3. The normalized spacial score (nSPS) is 21.7. The highest BCUT2D eigenvalue weighted by Crippen LogP contribution is 2.30. The monoisotopic (exact) mass is 649 g/mol. The number of carbonyl (C=O) groups is 4. The lowest BCUT2D eigenvalue weighted by Gasteiger charge is -2.42. The third kappa shape index (κ3) is 7.91. The number of rotatable bonds is 9. The minimum Gasteiger partial charge on any atom is -0.410 e. The Morgan fingerprint density at radius 3 is 2.52 bits per heavy atom. The van der Waals surface area contributed by atoms with Gasteiger partial charge in [-0.1, -0.05) is 63.5 Å². The fraction of sp³-hybridized carbons (Fsp3) is 0.600. The van der Waals surface area contributed by atoms with Gasteiger partial charge in [0, 0.05) is 41.7 Å². The Balaban J connectivity index is 1.19. The number of piperazine rings is 1. The molecule has 2 aliphatic carbocycles. The molecule has 1 aromatic carbocycles. The molecule has 10 nitrogen and oxygen atoms in total. The third-order valence-corrected chi connectivity index (χ3v) is 11.0. The smallest absolute Gasteiger partial charge is 0.410 e. The number of thiophene rings is 1. The van der Waals surface area contributed by atoms with Crippen molar-refractivity contribution in [2.45, 2.75) is 102 Å². The molecule has 2 aliphatic heterocycles. The number of nitrogens with zero attached hydrogens (tertiary/aromatic N) is 2. The van der Waals surface area contributed by atoms with Gasteiger partial charge in [0.1, 0.15) is 11.8 Å². The van der Waals surface area contributed by atoms with Gasteiger partial charge in [0.2, 0.25) is 11.8 Å². The summed E-state index contributed by atoms with van der Waals surface area (Å²) < 4.78 is 5.85. The molecular weight excluding hydrogens is 602 g/mol. The molecule has 1 aromatic heterocycles. The van der Waals surface area contributed by atoms with Gasteiger partial charge in [-0.25, -0.2) is 4.79 Å². The molecule has 2 atom stereocenters. The maximum absolute atomic E-state index is 14.5. The van der Waals surface area contributed by atoms with Gasteiger partial charge >= 0.3 is 6.09 Å². The molecule has 3 heterocycles. The van der Waals surface area contributed by atoms with Gasteiger partial charge in [0.25, 0.3) is 5.91 Å². The molecule has 1 saturated heterocycles. The van der Waals surface area contributed by atoms with Crippen molar-refractivity contribution in [2.24, 2.45) is 5.92 Å². The van der Waals surface area contributed by atoms with Gasteiger partial charge in [-0.2, -0.15) is 0 Å². The van der Waals surface area contributed by atoms with E-state index in [0.29, 0.717) is 48.3 Å². The lowest BCUT2D eigenvalue weighted by atomic mass is 9.83. The SMILES string of the molecule is O=C1NCCc2c(OC(=O)N3CCN(C(=O)[C@@H](CC4CCCCC4)NC4CCCCC4)[C@H](C(=O)NCc4cccs4)C3)cccc21. The second kappa shape index (κ2) is 15.4. The number of benzene rings is 1. The fourth-order valence-electron chi connectivity index (χ4n) is 7.58. The summed E-state index contributed by atoms with van der Waals surface area (Å²) in [7, 11) is 0. The Hall–Kier alpha value is -3.44. The van der Waals surface area contributed by atoms with Crippen molar-refractivity contribution >= 4 is 35.2 Å². The van der Waals surface area contributed by atoms with Crippen LogP contribution >= 0.6 is 11.3 Å². The standard InChI is InChI=1S/C35H47N5O5S/c41-32-28-14-7-15-31(27(28)16-17-36-32)45-35(44)39-18-19-40(30(23-39)33(42)37-22-26-13-8-20-46-26)34(43)29(21-24-9-3-1-4-10-24)38-25-11-5-2-6-12-25/h7-8,13-15,20,24-25,29-30,38H,1-6,9-12,16-19,21-23H2,(H,36,41)(H,37,42)/t29-,30+/m1/s1. The van der Waals surface area contributed by atoms with Gasteiger partial charge in [0.15, 0.2) is 0 Å². The molecule has 3 N–H and O–H groups in total. The van der Waals surface area contributed by atoms with E-state index >= 15 is 0 Å². The van der Waals surface area contributed by atoms with Crippen LogP contribution in [-0.2, 0) is 22.6 Å². The van der Waals surface area contributed by atoms with Crippen LogP contribution in [0.4, 0.5) is 4.79 Å².